The highest BCUT2D eigenvalue weighted by Crippen LogP contribution is 2.40. The van der Waals surface area contributed by atoms with E-state index in [2.05, 4.69) is 141 Å². The van der Waals surface area contributed by atoms with Gasteiger partial charge >= 0.3 is 0 Å². The molecule has 4 aromatic carbocycles. The molecule has 9 aromatic rings. The van der Waals surface area contributed by atoms with Gasteiger partial charge in [0.2, 0.25) is 0 Å². The summed E-state index contributed by atoms with van der Waals surface area (Å²) in [6.07, 6.45) is 11.0. The summed E-state index contributed by atoms with van der Waals surface area (Å²) in [5.74, 6) is 1.71. The fourth-order valence-electron chi connectivity index (χ4n) is 6.67. The average molecular weight is 727 g/mol. The maximum absolute atomic E-state index is 4.71. The third-order valence-electron chi connectivity index (χ3n) is 9.42. The van der Waals surface area contributed by atoms with Crippen LogP contribution in [0.15, 0.2) is 207 Å². The summed E-state index contributed by atoms with van der Waals surface area (Å²) in [4.78, 5) is 24.8. The van der Waals surface area contributed by atoms with Crippen LogP contribution in [0, 0.1) is 0 Å². The molecule has 0 saturated carbocycles. The zero-order valence-electron chi connectivity index (χ0n) is 29.7. The minimum absolute atomic E-state index is 0.856. The summed E-state index contributed by atoms with van der Waals surface area (Å²) in [5.41, 5.74) is 10.9. The van der Waals surface area contributed by atoms with Gasteiger partial charge in [-0.3, -0.25) is 19.8 Å². The smallest absolute Gasteiger partial charge is 0.137 e. The average Bonchev–Trinajstić information content (AvgIpc) is 3.77. The van der Waals surface area contributed by atoms with Crippen molar-refractivity contribution in [3.05, 3.63) is 207 Å². The number of anilines is 6. The lowest BCUT2D eigenvalue weighted by atomic mass is 10.1. The quantitative estimate of drug-likeness (QED) is 0.140. The van der Waals surface area contributed by atoms with E-state index < -0.39 is 0 Å². The van der Waals surface area contributed by atoms with E-state index in [1.165, 1.54) is 20.9 Å². The van der Waals surface area contributed by atoms with Crippen LogP contribution in [0.1, 0.15) is 0 Å². The SMILES string of the molecule is c1ccc(N(c2ccc(-c3cccnc3)cc2)c2ccc(-c3ccc(-c4ccc(N(c5ccc(-c6cccnc6)cc5)c5ccccn5)cc4)s3)cc2)nc1. The van der Waals surface area contributed by atoms with Crippen molar-refractivity contribution in [2.24, 2.45) is 0 Å². The second-order valence-corrected chi connectivity index (χ2v) is 14.0. The fourth-order valence-corrected chi connectivity index (χ4v) is 7.69. The Balaban J connectivity index is 0.962. The van der Waals surface area contributed by atoms with Gasteiger partial charge in [-0.15, -0.1) is 11.3 Å². The van der Waals surface area contributed by atoms with Gasteiger partial charge in [0.25, 0.3) is 0 Å². The van der Waals surface area contributed by atoms with Crippen molar-refractivity contribution in [3.63, 3.8) is 0 Å². The van der Waals surface area contributed by atoms with E-state index in [-0.39, 0.29) is 0 Å². The molecule has 0 unspecified atom stereocenters. The van der Waals surface area contributed by atoms with Crippen LogP contribution >= 0.6 is 11.3 Å². The third-order valence-corrected chi connectivity index (χ3v) is 10.6. The number of rotatable bonds is 10. The van der Waals surface area contributed by atoms with Crippen LogP contribution < -0.4 is 9.80 Å². The zero-order valence-corrected chi connectivity index (χ0v) is 30.5. The first-order chi connectivity index (χ1) is 27.3. The molecule has 6 nitrogen and oxygen atoms in total. The second-order valence-electron chi connectivity index (χ2n) is 12.9. The van der Waals surface area contributed by atoms with E-state index in [1.807, 2.05) is 73.3 Å². The maximum Gasteiger partial charge on any atom is 0.137 e. The molecular weight excluding hydrogens is 693 g/mol. The highest BCUT2D eigenvalue weighted by atomic mass is 32.1. The molecule has 9 rings (SSSR count). The van der Waals surface area contributed by atoms with Crippen LogP contribution in [-0.2, 0) is 0 Å². The van der Waals surface area contributed by atoms with Gasteiger partial charge in [-0.1, -0.05) is 72.8 Å². The van der Waals surface area contributed by atoms with Crippen molar-refractivity contribution in [1.29, 1.82) is 0 Å². The van der Waals surface area contributed by atoms with Crippen LogP contribution in [0.5, 0.6) is 0 Å². The number of benzene rings is 4. The monoisotopic (exact) mass is 726 g/mol. The predicted molar refractivity (Wildman–Crippen MR) is 227 cm³/mol. The van der Waals surface area contributed by atoms with E-state index >= 15 is 0 Å². The maximum atomic E-state index is 4.71. The van der Waals surface area contributed by atoms with E-state index in [4.69, 9.17) is 9.97 Å². The van der Waals surface area contributed by atoms with Gasteiger partial charge in [0.05, 0.1) is 0 Å². The molecule has 0 amide bonds. The van der Waals surface area contributed by atoms with Crippen LogP contribution in [0.25, 0.3) is 43.1 Å². The molecule has 0 bridgehead atoms. The highest BCUT2D eigenvalue weighted by molar-refractivity contribution is 7.18. The second kappa shape index (κ2) is 15.4. The zero-order chi connectivity index (χ0) is 36.8. The number of nitrogens with zero attached hydrogens (tertiary/aromatic N) is 6. The van der Waals surface area contributed by atoms with E-state index in [0.717, 1.165) is 56.6 Å². The Labute approximate surface area is 324 Å². The Hall–Kier alpha value is -7.22. The molecule has 5 heterocycles. The summed E-state index contributed by atoms with van der Waals surface area (Å²) in [7, 11) is 0. The molecular formula is C48H34N6S. The number of hydrogen-bond acceptors (Lipinski definition) is 7. The van der Waals surface area contributed by atoms with Gasteiger partial charge in [0, 0.05) is 69.7 Å². The van der Waals surface area contributed by atoms with Gasteiger partial charge in [0.1, 0.15) is 11.6 Å². The Bertz CT molecular complexity index is 2410. The Kier molecular flexibility index (Phi) is 9.41. The summed E-state index contributed by atoms with van der Waals surface area (Å²) in [5, 5.41) is 0. The van der Waals surface area contributed by atoms with E-state index in [9.17, 15) is 0 Å². The van der Waals surface area contributed by atoms with Gasteiger partial charge in [0.15, 0.2) is 0 Å². The van der Waals surface area contributed by atoms with Crippen LogP contribution in [0.4, 0.5) is 34.4 Å². The molecule has 262 valence electrons. The Morgan fingerprint density at radius 2 is 0.691 bits per heavy atom. The summed E-state index contributed by atoms with van der Waals surface area (Å²) < 4.78 is 0. The standard InChI is InChI=1S/C48H34N6S/c1-3-31-51-47(9-1)53(41-19-11-35(12-20-41)39-7-5-29-49-33-39)43-23-15-37(16-24-43)45-27-28-46(55-45)38-17-25-44(26-18-38)54(48-10-2-4-32-52-48)42-21-13-36(14-22-42)40-8-6-30-50-34-40/h1-34H. The number of hydrogen-bond donors (Lipinski definition) is 0. The Morgan fingerprint density at radius 3 is 1.02 bits per heavy atom. The van der Waals surface area contributed by atoms with Crippen molar-refractivity contribution in [2.45, 2.75) is 0 Å². The van der Waals surface area contributed by atoms with Crippen LogP contribution in [-0.4, -0.2) is 19.9 Å². The first-order valence-corrected chi connectivity index (χ1v) is 18.8. The number of aromatic nitrogens is 4. The largest absolute Gasteiger partial charge is 0.295 e. The molecule has 0 aliphatic heterocycles. The van der Waals surface area contributed by atoms with Crippen LogP contribution in [0.2, 0.25) is 0 Å². The number of pyridine rings is 4. The third kappa shape index (κ3) is 7.25. The predicted octanol–water partition coefficient (Wildman–Crippen LogP) is 12.9. The van der Waals surface area contributed by atoms with Gasteiger partial charge in [-0.25, -0.2) is 9.97 Å². The van der Waals surface area contributed by atoms with Gasteiger partial charge in [-0.2, -0.15) is 0 Å². The molecule has 0 atom stereocenters. The first-order valence-electron chi connectivity index (χ1n) is 18.0. The van der Waals surface area contributed by atoms with Gasteiger partial charge < -0.3 is 0 Å². The molecule has 0 aliphatic carbocycles. The summed E-state index contributed by atoms with van der Waals surface area (Å²) in [6.45, 7) is 0. The molecule has 0 aliphatic rings. The lowest BCUT2D eigenvalue weighted by Gasteiger charge is -2.24. The molecule has 0 N–H and O–H groups in total. The lowest BCUT2D eigenvalue weighted by molar-refractivity contribution is 1.18. The topological polar surface area (TPSA) is 58.0 Å². The van der Waals surface area contributed by atoms with Crippen molar-refractivity contribution < 1.29 is 0 Å². The summed E-state index contributed by atoms with van der Waals surface area (Å²) >= 11 is 1.79. The fraction of sp³-hybridized carbons (Fsp3) is 0. The van der Waals surface area contributed by atoms with Crippen molar-refractivity contribution >= 4 is 45.7 Å². The van der Waals surface area contributed by atoms with Crippen LogP contribution in [0.3, 0.4) is 0 Å². The molecule has 5 aromatic heterocycles. The molecule has 55 heavy (non-hydrogen) atoms. The normalized spacial score (nSPS) is 10.9. The minimum atomic E-state index is 0.856. The van der Waals surface area contributed by atoms with E-state index in [0.29, 0.717) is 0 Å². The number of thiophene rings is 1. The first kappa shape index (κ1) is 33.6. The van der Waals surface area contributed by atoms with Crippen molar-refractivity contribution in [3.8, 4) is 43.1 Å². The molecule has 0 spiro atoms. The Morgan fingerprint density at radius 1 is 0.309 bits per heavy atom. The molecule has 0 fully saturated rings. The van der Waals surface area contributed by atoms with Crippen molar-refractivity contribution in [2.75, 3.05) is 9.80 Å². The lowest BCUT2D eigenvalue weighted by Crippen LogP contribution is -2.11. The molecule has 0 saturated heterocycles. The summed E-state index contributed by atoms with van der Waals surface area (Å²) in [6, 6.07) is 59.0. The van der Waals surface area contributed by atoms with E-state index in [1.54, 1.807) is 23.7 Å². The van der Waals surface area contributed by atoms with Crippen molar-refractivity contribution in [1.82, 2.24) is 19.9 Å². The molecule has 0 radical (unpaired) electrons. The van der Waals surface area contributed by atoms with Gasteiger partial charge in [-0.05, 0) is 130 Å². The highest BCUT2D eigenvalue weighted by Gasteiger charge is 2.16. The minimum Gasteiger partial charge on any atom is -0.295 e. The molecule has 7 heteroatoms.